The van der Waals surface area contributed by atoms with Crippen LogP contribution in [-0.2, 0) is 0 Å². The molecule has 2 aromatic rings. The van der Waals surface area contributed by atoms with E-state index in [0.29, 0.717) is 29.9 Å². The lowest BCUT2D eigenvalue weighted by atomic mass is 9.99. The van der Waals surface area contributed by atoms with E-state index in [1.807, 2.05) is 4.90 Å². The lowest BCUT2D eigenvalue weighted by Crippen LogP contribution is -2.30. The molecule has 0 bridgehead atoms. The van der Waals surface area contributed by atoms with Crippen LogP contribution in [0.1, 0.15) is 54.6 Å². The predicted octanol–water partition coefficient (Wildman–Crippen LogP) is 2.63. The topological polar surface area (TPSA) is 115 Å². The van der Waals surface area contributed by atoms with Gasteiger partial charge in [0.25, 0.3) is 0 Å². The van der Waals surface area contributed by atoms with Crippen LogP contribution in [0.3, 0.4) is 0 Å². The fraction of sp³-hybridized carbons (Fsp3) is 0.524. The standard InChI is InChI=1S/C21H27FN4O3/c1-3-4-11-7-25(9-14(11)23)19-10(2)18-15(17(24)16(19)22)20(27)13(21(28)29)8-26(18)12-5-6-12/h8,11-12,14H,3-7,9,23-24H2,1-2H3,(H,28,29)/t11-,14+/m0/s1. The average Bonchev–Trinajstić information content (AvgIpc) is 3.44. The molecule has 1 aliphatic heterocycles. The first-order valence-electron chi connectivity index (χ1n) is 10.2. The van der Waals surface area contributed by atoms with E-state index in [1.165, 1.54) is 6.20 Å². The third kappa shape index (κ3) is 3.06. The fourth-order valence-electron chi connectivity index (χ4n) is 4.70. The second-order valence-corrected chi connectivity index (χ2v) is 8.36. The van der Waals surface area contributed by atoms with Gasteiger partial charge in [0, 0.05) is 31.4 Å². The van der Waals surface area contributed by atoms with Gasteiger partial charge in [-0.05, 0) is 37.7 Å². The highest BCUT2D eigenvalue weighted by Crippen LogP contribution is 2.43. The van der Waals surface area contributed by atoms with E-state index >= 15 is 4.39 Å². The molecule has 1 aromatic heterocycles. The molecule has 2 fully saturated rings. The normalized spacial score (nSPS) is 21.9. The monoisotopic (exact) mass is 402 g/mol. The number of nitrogen functional groups attached to an aromatic ring is 1. The van der Waals surface area contributed by atoms with Crippen LogP contribution in [-0.4, -0.2) is 34.8 Å². The van der Waals surface area contributed by atoms with E-state index < -0.39 is 17.2 Å². The van der Waals surface area contributed by atoms with Crippen molar-refractivity contribution < 1.29 is 14.3 Å². The van der Waals surface area contributed by atoms with Gasteiger partial charge in [-0.3, -0.25) is 4.79 Å². The maximum atomic E-state index is 15.4. The van der Waals surface area contributed by atoms with E-state index in [0.717, 1.165) is 25.7 Å². The second kappa shape index (κ2) is 7.02. The van der Waals surface area contributed by atoms with Crippen LogP contribution in [0.5, 0.6) is 0 Å². The van der Waals surface area contributed by atoms with Crippen molar-refractivity contribution in [3.63, 3.8) is 0 Å². The number of aromatic carboxylic acids is 1. The first-order valence-corrected chi connectivity index (χ1v) is 10.2. The summed E-state index contributed by atoms with van der Waals surface area (Å²) in [7, 11) is 0. The zero-order valence-electron chi connectivity index (χ0n) is 16.7. The zero-order chi connectivity index (χ0) is 21.0. The van der Waals surface area contributed by atoms with Gasteiger partial charge in [0.1, 0.15) is 5.56 Å². The SMILES string of the molecule is CCC[C@H]1CN(c2c(F)c(N)c3c(=O)c(C(=O)O)cn(C4CC4)c3c2C)C[C@H]1N. The summed E-state index contributed by atoms with van der Waals surface area (Å²) in [6.07, 6.45) is 5.13. The minimum Gasteiger partial charge on any atom is -0.477 e. The Morgan fingerprint density at radius 3 is 2.62 bits per heavy atom. The molecule has 4 rings (SSSR count). The molecule has 0 unspecified atom stereocenters. The molecule has 156 valence electrons. The number of pyridine rings is 1. The predicted molar refractivity (Wildman–Crippen MR) is 111 cm³/mol. The van der Waals surface area contributed by atoms with Crippen LogP contribution in [0, 0.1) is 18.7 Å². The number of hydrogen-bond acceptors (Lipinski definition) is 5. The highest BCUT2D eigenvalue weighted by atomic mass is 19.1. The van der Waals surface area contributed by atoms with Gasteiger partial charge in [0.15, 0.2) is 5.82 Å². The molecule has 1 aromatic carbocycles. The third-order valence-corrected chi connectivity index (χ3v) is 6.30. The second-order valence-electron chi connectivity index (χ2n) is 8.36. The Morgan fingerprint density at radius 2 is 2.03 bits per heavy atom. The van der Waals surface area contributed by atoms with Crippen LogP contribution >= 0.6 is 0 Å². The molecule has 8 heteroatoms. The highest BCUT2D eigenvalue weighted by Gasteiger charge is 2.35. The number of carbonyl (C=O) groups is 1. The van der Waals surface area contributed by atoms with Gasteiger partial charge >= 0.3 is 5.97 Å². The molecule has 7 nitrogen and oxygen atoms in total. The number of fused-ring (bicyclic) bond motifs is 1. The smallest absolute Gasteiger partial charge is 0.341 e. The summed E-state index contributed by atoms with van der Waals surface area (Å²) < 4.78 is 17.2. The minimum atomic E-state index is -1.33. The van der Waals surface area contributed by atoms with Crippen molar-refractivity contribution >= 4 is 28.2 Å². The van der Waals surface area contributed by atoms with Crippen molar-refractivity contribution in [2.24, 2.45) is 11.7 Å². The van der Waals surface area contributed by atoms with Crippen LogP contribution in [0.25, 0.3) is 10.9 Å². The van der Waals surface area contributed by atoms with Gasteiger partial charge in [-0.1, -0.05) is 13.3 Å². The zero-order valence-corrected chi connectivity index (χ0v) is 16.7. The van der Waals surface area contributed by atoms with Crippen molar-refractivity contribution in [1.29, 1.82) is 0 Å². The fourth-order valence-corrected chi connectivity index (χ4v) is 4.70. The van der Waals surface area contributed by atoms with E-state index in [4.69, 9.17) is 11.5 Å². The van der Waals surface area contributed by atoms with Gasteiger partial charge in [-0.15, -0.1) is 0 Å². The summed E-state index contributed by atoms with van der Waals surface area (Å²) in [6.45, 7) is 5.04. The van der Waals surface area contributed by atoms with Gasteiger partial charge in [-0.2, -0.15) is 0 Å². The molecule has 0 radical (unpaired) electrons. The number of aryl methyl sites for hydroxylation is 1. The lowest BCUT2D eigenvalue weighted by Gasteiger charge is -2.25. The Labute approximate surface area is 168 Å². The van der Waals surface area contributed by atoms with Gasteiger partial charge in [0.2, 0.25) is 5.43 Å². The number of aromatic nitrogens is 1. The van der Waals surface area contributed by atoms with Gasteiger partial charge in [-0.25, -0.2) is 9.18 Å². The number of hydrogen-bond donors (Lipinski definition) is 3. The maximum absolute atomic E-state index is 15.4. The van der Waals surface area contributed by atoms with Gasteiger partial charge < -0.3 is 26.0 Å². The maximum Gasteiger partial charge on any atom is 0.341 e. The Morgan fingerprint density at radius 1 is 1.34 bits per heavy atom. The summed E-state index contributed by atoms with van der Waals surface area (Å²) in [5.74, 6) is -1.72. The Bertz CT molecular complexity index is 1060. The Balaban J connectivity index is 1.97. The van der Waals surface area contributed by atoms with Crippen molar-refractivity contribution in [3.8, 4) is 0 Å². The quantitative estimate of drug-likeness (QED) is 0.663. The third-order valence-electron chi connectivity index (χ3n) is 6.30. The molecule has 0 spiro atoms. The number of carboxylic acid groups (broad SMARTS) is 1. The molecule has 2 aliphatic rings. The molecule has 0 amide bonds. The van der Waals surface area contributed by atoms with Crippen molar-refractivity contribution in [1.82, 2.24) is 4.57 Å². The first kappa shape index (κ1) is 19.7. The van der Waals surface area contributed by atoms with E-state index in [-0.39, 0.29) is 34.6 Å². The first-order chi connectivity index (χ1) is 13.8. The summed E-state index contributed by atoms with van der Waals surface area (Å²) in [5.41, 5.74) is 12.5. The number of rotatable bonds is 5. The van der Waals surface area contributed by atoms with E-state index in [9.17, 15) is 14.7 Å². The average molecular weight is 402 g/mol. The number of benzene rings is 1. The number of anilines is 2. The number of nitrogens with zero attached hydrogens (tertiary/aromatic N) is 2. The summed E-state index contributed by atoms with van der Waals surface area (Å²) in [5, 5.41) is 9.41. The number of nitrogens with two attached hydrogens (primary N) is 2. The summed E-state index contributed by atoms with van der Waals surface area (Å²) >= 11 is 0. The molecule has 1 saturated carbocycles. The van der Waals surface area contributed by atoms with E-state index in [2.05, 4.69) is 6.92 Å². The lowest BCUT2D eigenvalue weighted by molar-refractivity contribution is 0.0695. The van der Waals surface area contributed by atoms with Crippen LogP contribution in [0.2, 0.25) is 0 Å². The number of halogens is 1. The molecule has 1 saturated heterocycles. The molecule has 2 atom stereocenters. The van der Waals surface area contributed by atoms with Crippen molar-refractivity contribution in [2.45, 2.75) is 51.6 Å². The van der Waals surface area contributed by atoms with E-state index in [1.54, 1.807) is 11.5 Å². The molecule has 1 aliphatic carbocycles. The molecule has 2 heterocycles. The molecule has 5 N–H and O–H groups in total. The van der Waals surface area contributed by atoms with Crippen molar-refractivity contribution in [2.75, 3.05) is 23.7 Å². The largest absolute Gasteiger partial charge is 0.477 e. The number of carboxylic acids is 1. The van der Waals surface area contributed by atoms with Crippen molar-refractivity contribution in [3.05, 3.63) is 33.4 Å². The Kier molecular flexibility index (Phi) is 4.77. The molecule has 29 heavy (non-hydrogen) atoms. The van der Waals surface area contributed by atoms with Crippen LogP contribution in [0.15, 0.2) is 11.0 Å². The highest BCUT2D eigenvalue weighted by molar-refractivity contribution is 6.01. The van der Waals surface area contributed by atoms with Gasteiger partial charge in [0.05, 0.1) is 22.3 Å². The Hall–Kier alpha value is -2.61. The van der Waals surface area contributed by atoms with Crippen LogP contribution < -0.4 is 21.8 Å². The summed E-state index contributed by atoms with van der Waals surface area (Å²) in [4.78, 5) is 26.3. The minimum absolute atomic E-state index is 0.0378. The molecular weight excluding hydrogens is 375 g/mol. The van der Waals surface area contributed by atoms with Crippen LogP contribution in [0.4, 0.5) is 15.8 Å². The summed E-state index contributed by atoms with van der Waals surface area (Å²) in [6, 6.07) is 0.0481. The molecular formula is C21H27FN4O3.